The maximum absolute atomic E-state index is 13.1. The molecule has 0 saturated carbocycles. The molecule has 1 aromatic rings. The molecule has 1 saturated heterocycles. The number of halogens is 4. The SMILES string of the molecule is C=CCOC(=O)C(C)(C)OC(=O)c1cc(N2C(=O)CC(C(F)(F)F)N(C)C2=O)ccc1Cl. The predicted octanol–water partition coefficient (Wildman–Crippen LogP) is 3.72. The first-order valence-corrected chi connectivity index (χ1v) is 9.56. The van der Waals surface area contributed by atoms with E-state index in [0.717, 1.165) is 13.1 Å². The minimum absolute atomic E-state index is 0.109. The fourth-order valence-corrected chi connectivity index (χ4v) is 3.02. The van der Waals surface area contributed by atoms with Crippen molar-refractivity contribution in [2.75, 3.05) is 18.6 Å². The normalized spacial score (nSPS) is 17.3. The van der Waals surface area contributed by atoms with Crippen LogP contribution in [0.2, 0.25) is 5.02 Å². The lowest BCUT2D eigenvalue weighted by Gasteiger charge is -2.38. The number of imide groups is 1. The zero-order chi connectivity index (χ0) is 24.4. The van der Waals surface area contributed by atoms with Crippen LogP contribution in [0.25, 0.3) is 0 Å². The number of anilines is 1. The summed E-state index contributed by atoms with van der Waals surface area (Å²) in [6, 6.07) is -0.100. The molecule has 0 bridgehead atoms. The first-order valence-electron chi connectivity index (χ1n) is 9.18. The highest BCUT2D eigenvalue weighted by Gasteiger charge is 2.51. The molecule has 0 spiro atoms. The van der Waals surface area contributed by atoms with Crippen molar-refractivity contribution in [2.45, 2.75) is 38.1 Å². The van der Waals surface area contributed by atoms with Crippen LogP contribution < -0.4 is 4.90 Å². The molecule has 1 fully saturated rings. The quantitative estimate of drug-likeness (QED) is 0.459. The average molecular weight is 477 g/mol. The van der Waals surface area contributed by atoms with E-state index in [0.29, 0.717) is 9.80 Å². The molecule has 1 aliphatic heterocycles. The topological polar surface area (TPSA) is 93.2 Å². The summed E-state index contributed by atoms with van der Waals surface area (Å²) >= 11 is 6.03. The molecule has 0 radical (unpaired) electrons. The minimum Gasteiger partial charge on any atom is -0.459 e. The number of ether oxygens (including phenoxy) is 2. The van der Waals surface area contributed by atoms with Gasteiger partial charge in [0.25, 0.3) is 0 Å². The van der Waals surface area contributed by atoms with Crippen molar-refractivity contribution in [3.05, 3.63) is 41.4 Å². The number of hydrogen-bond acceptors (Lipinski definition) is 6. The van der Waals surface area contributed by atoms with Crippen LogP contribution in [0.3, 0.4) is 0 Å². The Morgan fingerprint density at radius 1 is 1.28 bits per heavy atom. The largest absolute Gasteiger partial charge is 0.459 e. The molecule has 0 aromatic heterocycles. The fourth-order valence-electron chi connectivity index (χ4n) is 2.83. The van der Waals surface area contributed by atoms with Crippen LogP contribution in [0.4, 0.5) is 23.7 Å². The standard InChI is InChI=1S/C20H20ClF3N2O6/c1-5-8-31-17(29)19(2,3)32-16(28)12-9-11(6-7-13(12)21)26-15(27)10-14(20(22,23)24)25(4)18(26)30/h5-7,9,14H,1,8,10H2,2-4H3. The molecule has 12 heteroatoms. The summed E-state index contributed by atoms with van der Waals surface area (Å²) in [6.07, 6.45) is -4.45. The van der Waals surface area contributed by atoms with Crippen molar-refractivity contribution in [3.8, 4) is 0 Å². The van der Waals surface area contributed by atoms with Gasteiger partial charge in [0, 0.05) is 7.05 Å². The summed E-state index contributed by atoms with van der Waals surface area (Å²) in [5, 5.41) is -0.132. The second kappa shape index (κ2) is 9.19. The number of carbonyl (C=O) groups is 4. The van der Waals surface area contributed by atoms with Crippen molar-refractivity contribution in [3.63, 3.8) is 0 Å². The molecule has 1 heterocycles. The number of nitrogens with zero attached hydrogens (tertiary/aromatic N) is 2. The molecule has 1 atom stereocenters. The summed E-state index contributed by atoms with van der Waals surface area (Å²) in [7, 11) is 0.919. The molecule has 1 aliphatic rings. The molecule has 3 amide bonds. The Morgan fingerprint density at radius 3 is 2.47 bits per heavy atom. The van der Waals surface area contributed by atoms with Gasteiger partial charge >= 0.3 is 24.1 Å². The molecule has 1 unspecified atom stereocenters. The van der Waals surface area contributed by atoms with Gasteiger partial charge in [-0.05, 0) is 32.0 Å². The molecular formula is C20H20ClF3N2O6. The third-order valence-corrected chi connectivity index (χ3v) is 4.89. The number of amides is 3. The third kappa shape index (κ3) is 5.21. The fraction of sp³-hybridized carbons (Fsp3) is 0.400. The monoisotopic (exact) mass is 476 g/mol. The second-order valence-electron chi connectivity index (χ2n) is 7.34. The summed E-state index contributed by atoms with van der Waals surface area (Å²) in [6.45, 7) is 5.84. The predicted molar refractivity (Wildman–Crippen MR) is 107 cm³/mol. The van der Waals surface area contributed by atoms with Gasteiger partial charge in [-0.2, -0.15) is 13.2 Å². The number of alkyl halides is 3. The molecule has 174 valence electrons. The Labute approximate surface area is 186 Å². The number of esters is 2. The van der Waals surface area contributed by atoms with Gasteiger partial charge in [-0.1, -0.05) is 24.3 Å². The zero-order valence-corrected chi connectivity index (χ0v) is 18.1. The Bertz CT molecular complexity index is 963. The van der Waals surface area contributed by atoms with Crippen LogP contribution in [-0.2, 0) is 19.1 Å². The lowest BCUT2D eigenvalue weighted by Crippen LogP contribution is -2.60. The minimum atomic E-state index is -4.78. The summed E-state index contributed by atoms with van der Waals surface area (Å²) in [5.41, 5.74) is -2.21. The Balaban J connectivity index is 2.32. The number of hydrogen-bond donors (Lipinski definition) is 0. The summed E-state index contributed by atoms with van der Waals surface area (Å²) < 4.78 is 49.3. The molecule has 8 nitrogen and oxygen atoms in total. The van der Waals surface area contributed by atoms with E-state index in [1.165, 1.54) is 32.1 Å². The lowest BCUT2D eigenvalue weighted by molar-refractivity contribution is -0.179. The van der Waals surface area contributed by atoms with Gasteiger partial charge < -0.3 is 14.4 Å². The van der Waals surface area contributed by atoms with Crippen LogP contribution in [0, 0.1) is 0 Å². The van der Waals surface area contributed by atoms with Crippen molar-refractivity contribution in [1.29, 1.82) is 0 Å². The van der Waals surface area contributed by atoms with Crippen molar-refractivity contribution >= 4 is 41.2 Å². The maximum Gasteiger partial charge on any atom is 0.409 e. The first-order chi connectivity index (χ1) is 14.7. The molecular weight excluding hydrogens is 457 g/mol. The third-order valence-electron chi connectivity index (χ3n) is 4.56. The van der Waals surface area contributed by atoms with Crippen LogP contribution in [-0.4, -0.2) is 60.3 Å². The van der Waals surface area contributed by atoms with E-state index in [1.807, 2.05) is 0 Å². The van der Waals surface area contributed by atoms with E-state index >= 15 is 0 Å². The Kier molecular flexibility index (Phi) is 7.23. The van der Waals surface area contributed by atoms with Gasteiger partial charge in [0.1, 0.15) is 12.6 Å². The summed E-state index contributed by atoms with van der Waals surface area (Å²) in [4.78, 5) is 50.4. The Morgan fingerprint density at radius 2 is 1.91 bits per heavy atom. The van der Waals surface area contributed by atoms with Gasteiger partial charge in [-0.3, -0.25) is 4.79 Å². The number of rotatable bonds is 6. The van der Waals surface area contributed by atoms with Gasteiger partial charge in [-0.15, -0.1) is 0 Å². The highest BCUT2D eigenvalue weighted by Crippen LogP contribution is 2.34. The van der Waals surface area contributed by atoms with Crippen LogP contribution >= 0.6 is 11.6 Å². The van der Waals surface area contributed by atoms with E-state index in [9.17, 15) is 32.3 Å². The summed E-state index contributed by atoms with van der Waals surface area (Å²) in [5.74, 6) is -3.04. The van der Waals surface area contributed by atoms with E-state index in [-0.39, 0.29) is 22.9 Å². The second-order valence-corrected chi connectivity index (χ2v) is 7.74. The van der Waals surface area contributed by atoms with Gasteiger partial charge in [0.15, 0.2) is 0 Å². The zero-order valence-electron chi connectivity index (χ0n) is 17.4. The van der Waals surface area contributed by atoms with Gasteiger partial charge in [-0.25, -0.2) is 19.3 Å². The highest BCUT2D eigenvalue weighted by atomic mass is 35.5. The molecule has 32 heavy (non-hydrogen) atoms. The molecule has 0 N–H and O–H groups in total. The van der Waals surface area contributed by atoms with Gasteiger partial charge in [0.05, 0.1) is 22.7 Å². The number of carbonyl (C=O) groups excluding carboxylic acids is 4. The van der Waals surface area contributed by atoms with Crippen molar-refractivity contribution in [2.24, 2.45) is 0 Å². The van der Waals surface area contributed by atoms with E-state index in [4.69, 9.17) is 21.1 Å². The maximum atomic E-state index is 13.1. The van der Waals surface area contributed by atoms with Crippen LogP contribution in [0.5, 0.6) is 0 Å². The first kappa shape index (κ1) is 25.2. The number of benzene rings is 1. The van der Waals surface area contributed by atoms with Crippen molar-refractivity contribution in [1.82, 2.24) is 4.90 Å². The van der Waals surface area contributed by atoms with E-state index < -0.39 is 48.1 Å². The van der Waals surface area contributed by atoms with Crippen LogP contribution in [0.15, 0.2) is 30.9 Å². The average Bonchev–Trinajstić information content (AvgIpc) is 2.68. The highest BCUT2D eigenvalue weighted by molar-refractivity contribution is 6.34. The smallest absolute Gasteiger partial charge is 0.409 e. The van der Waals surface area contributed by atoms with Crippen LogP contribution in [0.1, 0.15) is 30.6 Å². The molecule has 1 aromatic carbocycles. The Hall–Kier alpha value is -3.08. The molecule has 2 rings (SSSR count). The number of urea groups is 1. The van der Waals surface area contributed by atoms with Crippen molar-refractivity contribution < 1.29 is 41.8 Å². The van der Waals surface area contributed by atoms with E-state index in [1.54, 1.807) is 0 Å². The van der Waals surface area contributed by atoms with E-state index in [2.05, 4.69) is 6.58 Å². The van der Waals surface area contributed by atoms with Gasteiger partial charge in [0.2, 0.25) is 11.5 Å². The molecule has 0 aliphatic carbocycles. The lowest BCUT2D eigenvalue weighted by atomic mass is 10.1.